The first-order valence-corrected chi connectivity index (χ1v) is 13.0. The van der Waals surface area contributed by atoms with E-state index >= 15 is 0 Å². The Bertz CT molecular complexity index is 1170. The standard InChI is InChI=1S/C28H31F6NO3/c1-2-23(35-20-10-5-17(6-11-20)26(36)37)18-4-3-16-7-14-24(25(22(16)15-18)28(32,33)34)38-21-12-8-19(9-13-21)27(29,30)31/h3-4,7,14-15,17,19,21,23H,2,5-6,8-13H2,1H3,(H,36,37). The van der Waals surface area contributed by atoms with Crippen molar-refractivity contribution in [2.75, 3.05) is 0 Å². The van der Waals surface area contributed by atoms with Gasteiger partial charge in [-0.1, -0.05) is 25.1 Å². The highest BCUT2D eigenvalue weighted by atomic mass is 19.4. The molecule has 0 aromatic heterocycles. The molecule has 0 radical (unpaired) electrons. The highest BCUT2D eigenvalue weighted by molar-refractivity contribution is 5.90. The molecule has 4 rings (SSSR count). The number of ether oxygens (including phenoxy) is 1. The van der Waals surface area contributed by atoms with E-state index in [1.165, 1.54) is 18.2 Å². The van der Waals surface area contributed by atoms with Crippen molar-refractivity contribution in [3.8, 4) is 5.75 Å². The number of aliphatic imine (C=N–C) groups is 1. The van der Waals surface area contributed by atoms with Gasteiger partial charge >= 0.3 is 18.3 Å². The van der Waals surface area contributed by atoms with Gasteiger partial charge in [-0.2, -0.15) is 26.3 Å². The zero-order valence-electron chi connectivity index (χ0n) is 21.0. The minimum Gasteiger partial charge on any atom is -0.490 e. The molecule has 0 aliphatic heterocycles. The van der Waals surface area contributed by atoms with Gasteiger partial charge in [0, 0.05) is 5.71 Å². The first kappa shape index (κ1) is 28.2. The highest BCUT2D eigenvalue weighted by Gasteiger charge is 2.43. The van der Waals surface area contributed by atoms with E-state index < -0.39 is 41.8 Å². The molecule has 0 spiro atoms. The molecule has 2 aliphatic carbocycles. The molecule has 2 aromatic rings. The monoisotopic (exact) mass is 543 g/mol. The van der Waals surface area contributed by atoms with Gasteiger partial charge in [0.1, 0.15) is 11.3 Å². The molecule has 208 valence electrons. The summed E-state index contributed by atoms with van der Waals surface area (Å²) in [5, 5.41) is 9.54. The lowest BCUT2D eigenvalue weighted by molar-refractivity contribution is -0.185. The van der Waals surface area contributed by atoms with Gasteiger partial charge in [0.05, 0.1) is 24.0 Å². The summed E-state index contributed by atoms with van der Waals surface area (Å²) in [6.07, 6.45) is -7.39. The number of fused-ring (bicyclic) bond motifs is 1. The lowest BCUT2D eigenvalue weighted by atomic mass is 9.87. The predicted molar refractivity (Wildman–Crippen MR) is 131 cm³/mol. The van der Waals surface area contributed by atoms with Gasteiger partial charge in [-0.25, -0.2) is 0 Å². The number of benzene rings is 2. The number of carboxylic acid groups (broad SMARTS) is 1. The van der Waals surface area contributed by atoms with Crippen molar-refractivity contribution in [3.63, 3.8) is 0 Å². The third-order valence-corrected chi connectivity index (χ3v) is 7.74. The maximum atomic E-state index is 14.3. The van der Waals surface area contributed by atoms with Gasteiger partial charge in [0.2, 0.25) is 0 Å². The van der Waals surface area contributed by atoms with Gasteiger partial charge in [0.25, 0.3) is 0 Å². The van der Waals surface area contributed by atoms with E-state index in [0.717, 1.165) is 5.71 Å². The second-order valence-electron chi connectivity index (χ2n) is 10.3. The minimum absolute atomic E-state index is 0.0373. The van der Waals surface area contributed by atoms with Gasteiger partial charge in [-0.3, -0.25) is 9.79 Å². The number of alkyl halides is 6. The Morgan fingerprint density at radius 1 is 1.00 bits per heavy atom. The fourth-order valence-electron chi connectivity index (χ4n) is 5.55. The average molecular weight is 544 g/mol. The number of carbonyl (C=O) groups is 1. The van der Waals surface area contributed by atoms with E-state index in [2.05, 4.69) is 0 Å². The van der Waals surface area contributed by atoms with Crippen LogP contribution in [0, 0.1) is 11.8 Å². The Morgan fingerprint density at radius 2 is 1.63 bits per heavy atom. The lowest BCUT2D eigenvalue weighted by Gasteiger charge is -2.31. The maximum absolute atomic E-state index is 14.3. The summed E-state index contributed by atoms with van der Waals surface area (Å²) in [7, 11) is 0. The normalized spacial score (nSPS) is 23.8. The molecule has 10 heteroatoms. The molecular weight excluding hydrogens is 512 g/mol. The number of rotatable bonds is 6. The molecule has 0 saturated heterocycles. The molecule has 2 aromatic carbocycles. The van der Waals surface area contributed by atoms with E-state index in [0.29, 0.717) is 43.1 Å². The summed E-state index contributed by atoms with van der Waals surface area (Å²) in [6, 6.07) is 7.25. The topological polar surface area (TPSA) is 58.9 Å². The molecule has 0 bridgehead atoms. The molecule has 1 atom stereocenters. The van der Waals surface area contributed by atoms with Gasteiger partial charge < -0.3 is 9.84 Å². The third kappa shape index (κ3) is 6.43. The second-order valence-corrected chi connectivity index (χ2v) is 10.3. The largest absolute Gasteiger partial charge is 0.490 e. The van der Waals surface area contributed by atoms with Crippen LogP contribution in [0.2, 0.25) is 0 Å². The van der Waals surface area contributed by atoms with E-state index in [1.54, 1.807) is 12.1 Å². The van der Waals surface area contributed by atoms with Crippen molar-refractivity contribution < 1.29 is 41.0 Å². The number of nitrogens with zero attached hydrogens (tertiary/aromatic N) is 1. The van der Waals surface area contributed by atoms with Gasteiger partial charge in [-0.15, -0.1) is 0 Å². The lowest BCUT2D eigenvalue weighted by Crippen LogP contribution is -2.32. The smallest absolute Gasteiger partial charge is 0.420 e. The molecule has 0 heterocycles. The van der Waals surface area contributed by atoms with Crippen LogP contribution < -0.4 is 4.74 Å². The van der Waals surface area contributed by atoms with Crippen LogP contribution in [-0.4, -0.2) is 29.1 Å². The summed E-state index contributed by atoms with van der Waals surface area (Å²) in [6.45, 7) is 1.89. The number of halogens is 6. The Kier molecular flexibility index (Phi) is 8.28. The summed E-state index contributed by atoms with van der Waals surface area (Å²) in [5.74, 6) is -3.04. The summed E-state index contributed by atoms with van der Waals surface area (Å²) >= 11 is 0. The number of carboxylic acids is 1. The van der Waals surface area contributed by atoms with Crippen molar-refractivity contribution in [3.05, 3.63) is 41.5 Å². The first-order chi connectivity index (χ1) is 17.9. The fourth-order valence-corrected chi connectivity index (χ4v) is 5.55. The molecule has 1 N–H and O–H groups in total. The SMILES string of the molecule is CCC(N=C1CCC(C(=O)O)CC1)c1ccc2ccc(OC3CCC(C(F)(F)F)CC3)c(C(F)(F)F)c2c1. The third-order valence-electron chi connectivity index (χ3n) is 7.74. The zero-order valence-corrected chi connectivity index (χ0v) is 21.0. The van der Waals surface area contributed by atoms with Crippen LogP contribution in [0.25, 0.3) is 10.8 Å². The zero-order chi connectivity index (χ0) is 27.7. The van der Waals surface area contributed by atoms with Crippen molar-refractivity contribution >= 4 is 22.5 Å². The van der Waals surface area contributed by atoms with E-state index in [1.807, 2.05) is 6.92 Å². The Hall–Kier alpha value is -2.78. The quantitative estimate of drug-likeness (QED) is 0.372. The minimum atomic E-state index is -4.74. The highest BCUT2D eigenvalue weighted by Crippen LogP contribution is 2.44. The predicted octanol–water partition coefficient (Wildman–Crippen LogP) is 8.53. The van der Waals surface area contributed by atoms with Crippen LogP contribution in [0.3, 0.4) is 0 Å². The van der Waals surface area contributed by atoms with E-state index in [-0.39, 0.29) is 42.9 Å². The maximum Gasteiger partial charge on any atom is 0.420 e. The molecule has 4 nitrogen and oxygen atoms in total. The van der Waals surface area contributed by atoms with Crippen molar-refractivity contribution in [1.29, 1.82) is 0 Å². The summed E-state index contributed by atoms with van der Waals surface area (Å²) < 4.78 is 87.7. The average Bonchev–Trinajstić information content (AvgIpc) is 2.86. The van der Waals surface area contributed by atoms with Crippen molar-refractivity contribution in [2.45, 2.75) is 89.2 Å². The van der Waals surface area contributed by atoms with Crippen LogP contribution in [0.15, 0.2) is 35.3 Å². The molecule has 2 saturated carbocycles. The van der Waals surface area contributed by atoms with Crippen LogP contribution in [0.5, 0.6) is 5.75 Å². The molecular formula is C28H31F6NO3. The van der Waals surface area contributed by atoms with Gasteiger partial charge in [-0.05, 0) is 86.3 Å². The number of hydrogen-bond acceptors (Lipinski definition) is 3. The van der Waals surface area contributed by atoms with Crippen LogP contribution in [0.1, 0.15) is 81.9 Å². The Labute approximate surface area is 217 Å². The summed E-state index contributed by atoms with van der Waals surface area (Å²) in [4.78, 5) is 16.0. The molecule has 38 heavy (non-hydrogen) atoms. The van der Waals surface area contributed by atoms with Crippen LogP contribution >= 0.6 is 0 Å². The number of hydrogen-bond donors (Lipinski definition) is 1. The fraction of sp³-hybridized carbons (Fsp3) is 0.571. The first-order valence-electron chi connectivity index (χ1n) is 13.0. The van der Waals surface area contributed by atoms with E-state index in [4.69, 9.17) is 9.73 Å². The van der Waals surface area contributed by atoms with Crippen LogP contribution in [-0.2, 0) is 11.0 Å². The Balaban J connectivity index is 1.61. The number of aliphatic carboxylic acids is 1. The second kappa shape index (κ2) is 11.1. The van der Waals surface area contributed by atoms with E-state index in [9.17, 15) is 36.2 Å². The Morgan fingerprint density at radius 3 is 2.18 bits per heavy atom. The molecule has 2 fully saturated rings. The van der Waals surface area contributed by atoms with Crippen molar-refractivity contribution in [1.82, 2.24) is 0 Å². The molecule has 2 aliphatic rings. The molecule has 0 amide bonds. The molecule has 1 unspecified atom stereocenters. The van der Waals surface area contributed by atoms with Crippen molar-refractivity contribution in [2.24, 2.45) is 16.8 Å². The van der Waals surface area contributed by atoms with Gasteiger partial charge in [0.15, 0.2) is 0 Å². The summed E-state index contributed by atoms with van der Waals surface area (Å²) in [5.41, 5.74) is 0.553. The van der Waals surface area contributed by atoms with Crippen LogP contribution in [0.4, 0.5) is 26.3 Å².